The second-order valence-corrected chi connectivity index (χ2v) is 4.68. The van der Waals surface area contributed by atoms with Gasteiger partial charge in [0.05, 0.1) is 6.67 Å². The minimum absolute atomic E-state index is 0. The zero-order valence-corrected chi connectivity index (χ0v) is 13.9. The van der Waals surface area contributed by atoms with Crippen LogP contribution in [0.2, 0.25) is 0 Å². The van der Waals surface area contributed by atoms with Gasteiger partial charge in [-0.1, -0.05) is 39.0 Å². The van der Waals surface area contributed by atoms with Gasteiger partial charge in [0.15, 0.2) is 0 Å². The Labute approximate surface area is 127 Å². The lowest BCUT2D eigenvalue weighted by Gasteiger charge is -2.17. The van der Waals surface area contributed by atoms with Crippen LogP contribution in [0, 0.1) is 0 Å². The molecule has 0 aromatic carbocycles. The molecule has 4 N–H and O–H groups in total. The van der Waals surface area contributed by atoms with Crippen LogP contribution in [0.4, 0.5) is 4.79 Å². The third-order valence-corrected chi connectivity index (χ3v) is 2.74. The molecule has 0 bridgehead atoms. The number of unbranched alkanes of at least 4 members (excludes halogenated alkanes) is 5. The van der Waals surface area contributed by atoms with E-state index in [4.69, 9.17) is 4.79 Å². The van der Waals surface area contributed by atoms with Crippen molar-refractivity contribution in [2.24, 2.45) is 11.5 Å². The average molecular weight is 337 g/mol. The molecule has 114 valence electrons. The molecule has 0 spiro atoms. The highest BCUT2D eigenvalue weighted by atomic mass is 79.9. The summed E-state index contributed by atoms with van der Waals surface area (Å²) in [5.74, 6) is 0. The molecule has 0 radical (unpaired) electrons. The number of rotatable bonds is 7. The number of hydrogen-bond acceptors (Lipinski definition) is 3. The molecule has 0 saturated heterocycles. The van der Waals surface area contributed by atoms with Crippen LogP contribution in [0.15, 0.2) is 12.4 Å². The van der Waals surface area contributed by atoms with E-state index >= 15 is 0 Å². The number of hydrogen-bond donors (Lipinski definition) is 2. The second-order valence-electron chi connectivity index (χ2n) is 4.68. The number of carbonyl (C=O) groups is 1. The quantitative estimate of drug-likeness (QED) is 0.701. The molecule has 1 aliphatic rings. The highest BCUT2D eigenvalue weighted by molar-refractivity contribution is 8.93. The van der Waals surface area contributed by atoms with Crippen LogP contribution in [-0.2, 0) is 0 Å². The molecule has 0 unspecified atom stereocenters. The molecule has 5 nitrogen and oxygen atoms in total. The number of amides is 2. The first-order valence-corrected chi connectivity index (χ1v) is 6.73. The zero-order chi connectivity index (χ0) is 13.8. The van der Waals surface area contributed by atoms with Crippen molar-refractivity contribution in [2.45, 2.75) is 45.4 Å². The van der Waals surface area contributed by atoms with E-state index in [1.54, 1.807) is 0 Å². The number of nitrogens with zero attached hydrogens (tertiary/aromatic N) is 2. The van der Waals surface area contributed by atoms with E-state index in [0.29, 0.717) is 0 Å². The summed E-state index contributed by atoms with van der Waals surface area (Å²) in [4.78, 5) is 13.6. The predicted octanol–water partition coefficient (Wildman–Crippen LogP) is 2.62. The van der Waals surface area contributed by atoms with Crippen LogP contribution < -0.4 is 11.5 Å². The van der Waals surface area contributed by atoms with Gasteiger partial charge >= 0.3 is 6.03 Å². The summed E-state index contributed by atoms with van der Waals surface area (Å²) >= 11 is 0. The Morgan fingerprint density at radius 1 is 1.11 bits per heavy atom. The monoisotopic (exact) mass is 336 g/mol. The molecular formula is C13H29BrN4O. The van der Waals surface area contributed by atoms with Gasteiger partial charge in [-0.15, -0.1) is 17.0 Å². The number of primary amides is 2. The lowest BCUT2D eigenvalue weighted by atomic mass is 10.1. The van der Waals surface area contributed by atoms with Crippen LogP contribution in [0.1, 0.15) is 45.4 Å². The SMILES string of the molecule is Br.CCCCCCCCN1C=CN(C)C1.NC(N)=O. The van der Waals surface area contributed by atoms with Crippen molar-refractivity contribution in [2.75, 3.05) is 20.3 Å². The average Bonchev–Trinajstić information content (AvgIpc) is 2.69. The molecule has 0 atom stereocenters. The summed E-state index contributed by atoms with van der Waals surface area (Å²) < 4.78 is 0. The van der Waals surface area contributed by atoms with Gasteiger partial charge in [0.2, 0.25) is 0 Å². The van der Waals surface area contributed by atoms with Gasteiger partial charge < -0.3 is 21.3 Å². The van der Waals surface area contributed by atoms with Crippen molar-refractivity contribution < 1.29 is 4.79 Å². The van der Waals surface area contributed by atoms with Gasteiger partial charge in [-0.2, -0.15) is 0 Å². The molecule has 0 aliphatic carbocycles. The van der Waals surface area contributed by atoms with E-state index in [0.717, 1.165) is 6.67 Å². The normalized spacial score (nSPS) is 12.7. The van der Waals surface area contributed by atoms with Crippen LogP contribution in [0.3, 0.4) is 0 Å². The fourth-order valence-corrected chi connectivity index (χ4v) is 1.83. The first kappa shape index (κ1) is 20.4. The maximum atomic E-state index is 9.00. The smallest absolute Gasteiger partial charge is 0.309 e. The third kappa shape index (κ3) is 15.0. The first-order valence-electron chi connectivity index (χ1n) is 6.73. The van der Waals surface area contributed by atoms with E-state index in [1.165, 1.54) is 45.1 Å². The summed E-state index contributed by atoms with van der Waals surface area (Å²) in [6.07, 6.45) is 12.7. The molecular weight excluding hydrogens is 308 g/mol. The van der Waals surface area contributed by atoms with E-state index in [-0.39, 0.29) is 17.0 Å². The minimum Gasteiger partial charge on any atom is -0.362 e. The zero-order valence-electron chi connectivity index (χ0n) is 12.2. The Balaban J connectivity index is 0. The number of halogens is 1. The summed E-state index contributed by atoms with van der Waals surface area (Å²) in [7, 11) is 2.12. The molecule has 19 heavy (non-hydrogen) atoms. The number of nitrogens with two attached hydrogens (primary N) is 2. The standard InChI is InChI=1S/C12H24N2.CH4N2O.BrH/c1-3-4-5-6-7-8-9-14-11-10-13(2)12-14;2-1(3)4;/h10-11H,3-9,12H2,1-2H3;(H4,2,3,4);1H. The molecule has 0 fully saturated rings. The van der Waals surface area contributed by atoms with Crippen molar-refractivity contribution in [3.05, 3.63) is 12.4 Å². The van der Waals surface area contributed by atoms with Crippen molar-refractivity contribution in [1.82, 2.24) is 9.80 Å². The van der Waals surface area contributed by atoms with Crippen molar-refractivity contribution in [1.29, 1.82) is 0 Å². The molecule has 0 aromatic heterocycles. The molecule has 2 amide bonds. The molecule has 1 heterocycles. The lowest BCUT2D eigenvalue weighted by Crippen LogP contribution is -2.23. The fourth-order valence-electron chi connectivity index (χ4n) is 1.83. The van der Waals surface area contributed by atoms with Crippen molar-refractivity contribution in [3.63, 3.8) is 0 Å². The summed E-state index contributed by atoms with van der Waals surface area (Å²) in [5, 5.41) is 0. The maximum Gasteiger partial charge on any atom is 0.309 e. The van der Waals surface area contributed by atoms with E-state index < -0.39 is 6.03 Å². The van der Waals surface area contributed by atoms with Gasteiger partial charge in [-0.05, 0) is 6.42 Å². The molecule has 1 aliphatic heterocycles. The van der Waals surface area contributed by atoms with Crippen molar-refractivity contribution >= 4 is 23.0 Å². The second kappa shape index (κ2) is 13.5. The summed E-state index contributed by atoms with van der Waals surface area (Å²) in [6.45, 7) is 4.58. The molecule has 1 rings (SSSR count). The van der Waals surface area contributed by atoms with Crippen LogP contribution in [0.25, 0.3) is 0 Å². The molecule has 6 heteroatoms. The summed E-state index contributed by atoms with van der Waals surface area (Å²) in [6, 6.07) is -0.833. The van der Waals surface area contributed by atoms with Crippen LogP contribution in [-0.4, -0.2) is 36.1 Å². The number of carbonyl (C=O) groups excluding carboxylic acids is 1. The topological polar surface area (TPSA) is 75.6 Å². The Kier molecular flexibility index (Phi) is 14.5. The Morgan fingerprint density at radius 2 is 1.63 bits per heavy atom. The van der Waals surface area contributed by atoms with Gasteiger partial charge in [0.25, 0.3) is 0 Å². The Bertz CT molecular complexity index is 245. The third-order valence-electron chi connectivity index (χ3n) is 2.74. The van der Waals surface area contributed by atoms with E-state index in [9.17, 15) is 0 Å². The highest BCUT2D eigenvalue weighted by Crippen LogP contribution is 2.08. The summed E-state index contributed by atoms with van der Waals surface area (Å²) in [5.41, 5.74) is 8.50. The van der Waals surface area contributed by atoms with Gasteiger partial charge in [-0.3, -0.25) is 0 Å². The number of urea groups is 1. The Hall–Kier alpha value is -0.910. The molecule has 0 saturated carbocycles. The largest absolute Gasteiger partial charge is 0.362 e. The Morgan fingerprint density at radius 3 is 2.11 bits per heavy atom. The van der Waals surface area contributed by atoms with Gasteiger partial charge in [-0.25, -0.2) is 4.79 Å². The first-order chi connectivity index (χ1) is 8.56. The van der Waals surface area contributed by atoms with Crippen molar-refractivity contribution in [3.8, 4) is 0 Å². The van der Waals surface area contributed by atoms with Gasteiger partial charge in [0.1, 0.15) is 0 Å². The predicted molar refractivity (Wildman–Crippen MR) is 85.9 cm³/mol. The maximum absolute atomic E-state index is 9.00. The highest BCUT2D eigenvalue weighted by Gasteiger charge is 2.06. The van der Waals surface area contributed by atoms with E-state index in [1.807, 2.05) is 0 Å². The lowest BCUT2D eigenvalue weighted by molar-refractivity contribution is 0.256. The minimum atomic E-state index is -0.833. The van der Waals surface area contributed by atoms with Gasteiger partial charge in [0, 0.05) is 26.0 Å². The van der Waals surface area contributed by atoms with Crippen LogP contribution in [0.5, 0.6) is 0 Å². The molecule has 0 aromatic rings. The van der Waals surface area contributed by atoms with Crippen LogP contribution >= 0.6 is 17.0 Å². The fraction of sp³-hybridized carbons (Fsp3) is 0.769. The van der Waals surface area contributed by atoms with E-state index in [2.05, 4.69) is 47.6 Å².